The molecule has 0 aliphatic heterocycles. The van der Waals surface area contributed by atoms with Crippen LogP contribution in [0.2, 0.25) is 0 Å². The molecule has 0 aromatic rings. The Kier molecular flexibility index (Phi) is 1.07. The standard InChI is InChI=1S/C10H16/c1-7(2)10-5-4-8(3)9(10)6-10/h4,7,9H,5-6H2,1-3H3/t9-,10?/m0/s1. The van der Waals surface area contributed by atoms with Gasteiger partial charge in [-0.1, -0.05) is 25.5 Å². The molecular formula is C10H16. The molecule has 0 nitrogen and oxygen atoms in total. The molecule has 0 amide bonds. The molecule has 2 aliphatic carbocycles. The third kappa shape index (κ3) is 0.574. The van der Waals surface area contributed by atoms with Gasteiger partial charge in [0.2, 0.25) is 0 Å². The third-order valence-corrected chi connectivity index (χ3v) is 3.62. The van der Waals surface area contributed by atoms with Crippen molar-refractivity contribution in [2.75, 3.05) is 0 Å². The Bertz CT molecular complexity index is 188. The summed E-state index contributed by atoms with van der Waals surface area (Å²) in [6.07, 6.45) is 5.28. The first-order valence-electron chi connectivity index (χ1n) is 4.33. The Morgan fingerprint density at radius 2 is 2.30 bits per heavy atom. The van der Waals surface area contributed by atoms with E-state index in [9.17, 15) is 0 Å². The lowest BCUT2D eigenvalue weighted by Gasteiger charge is -2.15. The fraction of sp³-hybridized carbons (Fsp3) is 0.800. The van der Waals surface area contributed by atoms with Crippen LogP contribution in [0.5, 0.6) is 0 Å². The summed E-state index contributed by atoms with van der Waals surface area (Å²) in [4.78, 5) is 0. The fourth-order valence-electron chi connectivity index (χ4n) is 2.53. The van der Waals surface area contributed by atoms with Crippen LogP contribution in [-0.4, -0.2) is 0 Å². The zero-order valence-electron chi connectivity index (χ0n) is 7.15. The molecule has 2 rings (SSSR count). The van der Waals surface area contributed by atoms with E-state index in [1.165, 1.54) is 12.8 Å². The van der Waals surface area contributed by atoms with Crippen LogP contribution in [0, 0.1) is 17.3 Å². The van der Waals surface area contributed by atoms with Gasteiger partial charge in [-0.25, -0.2) is 0 Å². The van der Waals surface area contributed by atoms with Crippen molar-refractivity contribution in [1.82, 2.24) is 0 Å². The lowest BCUT2D eigenvalue weighted by Crippen LogP contribution is -2.08. The van der Waals surface area contributed by atoms with Gasteiger partial charge in [-0.15, -0.1) is 0 Å². The highest BCUT2D eigenvalue weighted by atomic mass is 14.6. The van der Waals surface area contributed by atoms with Crippen LogP contribution in [0.25, 0.3) is 0 Å². The average Bonchev–Trinajstić information content (AvgIpc) is 2.52. The molecule has 0 aromatic carbocycles. The molecular weight excluding hydrogens is 120 g/mol. The van der Waals surface area contributed by atoms with Gasteiger partial charge in [-0.3, -0.25) is 0 Å². The fourth-order valence-corrected chi connectivity index (χ4v) is 2.53. The highest BCUT2D eigenvalue weighted by molar-refractivity contribution is 5.28. The van der Waals surface area contributed by atoms with Crippen LogP contribution < -0.4 is 0 Å². The van der Waals surface area contributed by atoms with Gasteiger partial charge in [0.25, 0.3) is 0 Å². The molecule has 0 heterocycles. The predicted molar refractivity (Wildman–Crippen MR) is 43.8 cm³/mol. The van der Waals surface area contributed by atoms with Gasteiger partial charge >= 0.3 is 0 Å². The minimum atomic E-state index is 0.740. The smallest absolute Gasteiger partial charge is 0.0138 e. The van der Waals surface area contributed by atoms with Crippen molar-refractivity contribution in [2.24, 2.45) is 17.3 Å². The molecule has 0 saturated heterocycles. The van der Waals surface area contributed by atoms with E-state index >= 15 is 0 Å². The lowest BCUT2D eigenvalue weighted by molar-refractivity contribution is 0.354. The van der Waals surface area contributed by atoms with Gasteiger partial charge < -0.3 is 0 Å². The molecule has 0 spiro atoms. The molecule has 1 fully saturated rings. The zero-order valence-corrected chi connectivity index (χ0v) is 7.15. The Morgan fingerprint density at radius 3 is 2.50 bits per heavy atom. The monoisotopic (exact) mass is 136 g/mol. The molecule has 0 radical (unpaired) electrons. The molecule has 10 heavy (non-hydrogen) atoms. The van der Waals surface area contributed by atoms with Gasteiger partial charge in [-0.2, -0.15) is 0 Å². The van der Waals surface area contributed by atoms with Crippen molar-refractivity contribution in [3.8, 4) is 0 Å². The maximum atomic E-state index is 2.44. The number of fused-ring (bicyclic) bond motifs is 1. The Balaban J connectivity index is 2.17. The minimum absolute atomic E-state index is 0.740. The second-order valence-electron chi connectivity index (χ2n) is 4.30. The quantitative estimate of drug-likeness (QED) is 0.486. The molecule has 2 aliphatic rings. The van der Waals surface area contributed by atoms with Gasteiger partial charge in [0, 0.05) is 0 Å². The second kappa shape index (κ2) is 1.66. The van der Waals surface area contributed by atoms with Gasteiger partial charge in [0.15, 0.2) is 0 Å². The van der Waals surface area contributed by atoms with Crippen molar-refractivity contribution in [2.45, 2.75) is 33.6 Å². The van der Waals surface area contributed by atoms with E-state index in [1.807, 2.05) is 0 Å². The Morgan fingerprint density at radius 1 is 1.60 bits per heavy atom. The average molecular weight is 136 g/mol. The van der Waals surface area contributed by atoms with E-state index in [0.29, 0.717) is 0 Å². The van der Waals surface area contributed by atoms with E-state index in [-0.39, 0.29) is 0 Å². The van der Waals surface area contributed by atoms with Crippen LogP contribution in [0.4, 0.5) is 0 Å². The van der Waals surface area contributed by atoms with Crippen molar-refractivity contribution in [1.29, 1.82) is 0 Å². The van der Waals surface area contributed by atoms with Crippen LogP contribution >= 0.6 is 0 Å². The summed E-state index contributed by atoms with van der Waals surface area (Å²) in [7, 11) is 0. The van der Waals surface area contributed by atoms with Gasteiger partial charge in [0.1, 0.15) is 0 Å². The topological polar surface area (TPSA) is 0 Å². The first kappa shape index (κ1) is 6.45. The summed E-state index contributed by atoms with van der Waals surface area (Å²) >= 11 is 0. The number of allylic oxidation sites excluding steroid dienone is 2. The van der Waals surface area contributed by atoms with E-state index < -0.39 is 0 Å². The number of rotatable bonds is 1. The maximum Gasteiger partial charge on any atom is -0.0138 e. The summed E-state index contributed by atoms with van der Waals surface area (Å²) in [5.41, 5.74) is 2.40. The first-order valence-corrected chi connectivity index (χ1v) is 4.33. The molecule has 1 unspecified atom stereocenters. The van der Waals surface area contributed by atoms with Crippen LogP contribution in [-0.2, 0) is 0 Å². The molecule has 0 N–H and O–H groups in total. The highest BCUT2D eigenvalue weighted by Crippen LogP contribution is 2.67. The van der Waals surface area contributed by atoms with Crippen molar-refractivity contribution < 1.29 is 0 Å². The lowest BCUT2D eigenvalue weighted by atomic mass is 9.89. The molecule has 0 aromatic heterocycles. The van der Waals surface area contributed by atoms with E-state index in [4.69, 9.17) is 0 Å². The van der Waals surface area contributed by atoms with E-state index in [2.05, 4.69) is 26.8 Å². The Hall–Kier alpha value is -0.260. The summed E-state index contributed by atoms with van der Waals surface area (Å²) in [5.74, 6) is 1.87. The van der Waals surface area contributed by atoms with E-state index in [0.717, 1.165) is 17.3 Å². The largest absolute Gasteiger partial charge is 0.0847 e. The van der Waals surface area contributed by atoms with Gasteiger partial charge in [-0.05, 0) is 37.0 Å². The molecule has 56 valence electrons. The molecule has 0 heteroatoms. The molecule has 0 bridgehead atoms. The second-order valence-corrected chi connectivity index (χ2v) is 4.30. The summed E-state index contributed by atoms with van der Waals surface area (Å²) in [6, 6.07) is 0. The van der Waals surface area contributed by atoms with Crippen LogP contribution in [0.3, 0.4) is 0 Å². The van der Waals surface area contributed by atoms with E-state index in [1.54, 1.807) is 5.57 Å². The normalized spacial score (nSPS) is 43.6. The molecule has 1 saturated carbocycles. The number of hydrogen-bond acceptors (Lipinski definition) is 0. The maximum absolute atomic E-state index is 2.44. The zero-order chi connectivity index (χ0) is 7.35. The third-order valence-electron chi connectivity index (χ3n) is 3.62. The highest BCUT2D eigenvalue weighted by Gasteiger charge is 2.58. The summed E-state index contributed by atoms with van der Waals surface area (Å²) in [5, 5.41) is 0. The van der Waals surface area contributed by atoms with Gasteiger partial charge in [0.05, 0.1) is 0 Å². The van der Waals surface area contributed by atoms with Crippen molar-refractivity contribution in [3.05, 3.63) is 11.6 Å². The number of hydrogen-bond donors (Lipinski definition) is 0. The van der Waals surface area contributed by atoms with Crippen LogP contribution in [0.1, 0.15) is 33.6 Å². The van der Waals surface area contributed by atoms with Crippen molar-refractivity contribution >= 4 is 0 Å². The van der Waals surface area contributed by atoms with Crippen molar-refractivity contribution in [3.63, 3.8) is 0 Å². The SMILES string of the molecule is CC1=CCC2(C(C)C)C[C@@H]12. The Labute approximate surface area is 63.3 Å². The molecule has 2 atom stereocenters. The minimum Gasteiger partial charge on any atom is -0.0847 e. The first-order chi connectivity index (χ1) is 4.67. The van der Waals surface area contributed by atoms with Crippen LogP contribution in [0.15, 0.2) is 11.6 Å². The predicted octanol–water partition coefficient (Wildman–Crippen LogP) is 3.00. The summed E-state index contributed by atoms with van der Waals surface area (Å²) in [6.45, 7) is 7.03. The summed E-state index contributed by atoms with van der Waals surface area (Å²) < 4.78 is 0.